The first-order valence-corrected chi connectivity index (χ1v) is 10.6. The average Bonchev–Trinajstić information content (AvgIpc) is 2.78. The summed E-state index contributed by atoms with van der Waals surface area (Å²) in [6.45, 7) is 7.26. The fraction of sp³-hybridized carbons (Fsp3) is 0.208. The van der Waals surface area contributed by atoms with Crippen molar-refractivity contribution in [3.63, 3.8) is 0 Å². The molecule has 0 aliphatic carbocycles. The summed E-state index contributed by atoms with van der Waals surface area (Å²) in [7, 11) is 0. The first kappa shape index (κ1) is 25.2. The molecule has 168 valence electrons. The summed E-state index contributed by atoms with van der Waals surface area (Å²) in [6.07, 6.45) is 3.44. The lowest BCUT2D eigenvalue weighted by Crippen LogP contribution is -2.20. The minimum Gasteiger partial charge on any atom is -0.482 e. The van der Waals surface area contributed by atoms with E-state index in [0.29, 0.717) is 24.3 Å². The zero-order chi connectivity index (χ0) is 23.7. The van der Waals surface area contributed by atoms with Crippen LogP contribution in [0.2, 0.25) is 10.0 Å². The van der Waals surface area contributed by atoms with Crippen molar-refractivity contribution < 1.29 is 23.9 Å². The van der Waals surface area contributed by atoms with Gasteiger partial charge in [0.25, 0.3) is 5.91 Å². The molecule has 6 nitrogen and oxygen atoms in total. The standard InChI is InChI=1S/C24H23Cl2NO5/c1-4-15(3)24(30)18-11-12-19(23(26)22(18)25)32-14-20(28)27-17-9-6-16(7-10-17)8-13-21(29)31-5-2/h6-13H,3-5,14H2,1-2H3,(H,27,28)/b13-8+. The summed E-state index contributed by atoms with van der Waals surface area (Å²) in [5, 5.41) is 2.79. The maximum atomic E-state index is 12.3. The van der Waals surface area contributed by atoms with E-state index in [4.69, 9.17) is 32.7 Å². The number of allylic oxidation sites excluding steroid dienone is 1. The van der Waals surface area contributed by atoms with Gasteiger partial charge in [0, 0.05) is 17.3 Å². The fourth-order valence-corrected chi connectivity index (χ4v) is 3.00. The number of ketones is 1. The van der Waals surface area contributed by atoms with Gasteiger partial charge >= 0.3 is 5.97 Å². The van der Waals surface area contributed by atoms with E-state index in [1.807, 2.05) is 6.92 Å². The summed E-state index contributed by atoms with van der Waals surface area (Å²) in [4.78, 5) is 35.8. The second kappa shape index (κ2) is 12.1. The van der Waals surface area contributed by atoms with Crippen LogP contribution in [0.1, 0.15) is 36.2 Å². The Morgan fingerprint density at radius 2 is 1.72 bits per heavy atom. The molecule has 0 atom stereocenters. The summed E-state index contributed by atoms with van der Waals surface area (Å²) in [6, 6.07) is 9.84. The number of halogens is 2. The van der Waals surface area contributed by atoms with Gasteiger partial charge in [-0.1, -0.05) is 48.8 Å². The van der Waals surface area contributed by atoms with Gasteiger partial charge in [0.15, 0.2) is 12.4 Å². The predicted octanol–water partition coefficient (Wildman–Crippen LogP) is 5.74. The lowest BCUT2D eigenvalue weighted by molar-refractivity contribution is -0.137. The van der Waals surface area contributed by atoms with Crippen LogP contribution in [-0.2, 0) is 14.3 Å². The number of hydrogen-bond donors (Lipinski definition) is 1. The average molecular weight is 476 g/mol. The number of Topliss-reactive ketones (excluding diaryl/α,β-unsaturated/α-hetero) is 1. The molecule has 0 radical (unpaired) electrons. The van der Waals surface area contributed by atoms with Gasteiger partial charge in [0.2, 0.25) is 0 Å². The quantitative estimate of drug-likeness (QED) is 0.269. The molecule has 2 aromatic carbocycles. The van der Waals surface area contributed by atoms with E-state index in [9.17, 15) is 14.4 Å². The number of carbonyl (C=O) groups excluding carboxylic acids is 3. The number of rotatable bonds is 10. The van der Waals surface area contributed by atoms with Crippen molar-refractivity contribution in [2.75, 3.05) is 18.5 Å². The summed E-state index contributed by atoms with van der Waals surface area (Å²) in [5.74, 6) is -0.936. The van der Waals surface area contributed by atoms with Gasteiger partial charge in [-0.25, -0.2) is 4.79 Å². The van der Waals surface area contributed by atoms with Crippen LogP contribution in [0, 0.1) is 0 Å². The van der Waals surface area contributed by atoms with Crippen molar-refractivity contribution >= 4 is 52.6 Å². The third-order valence-corrected chi connectivity index (χ3v) is 5.16. The smallest absolute Gasteiger partial charge is 0.330 e. The molecule has 1 amide bonds. The number of amides is 1. The van der Waals surface area contributed by atoms with E-state index in [-0.39, 0.29) is 33.7 Å². The van der Waals surface area contributed by atoms with Crippen LogP contribution in [0.5, 0.6) is 5.75 Å². The Hall–Kier alpha value is -3.09. The number of ether oxygens (including phenoxy) is 2. The Bertz CT molecular complexity index is 1050. The number of anilines is 1. The Balaban J connectivity index is 1.95. The molecule has 0 saturated heterocycles. The van der Waals surface area contributed by atoms with E-state index in [0.717, 1.165) is 5.56 Å². The highest BCUT2D eigenvalue weighted by atomic mass is 35.5. The Labute approximate surface area is 196 Å². The van der Waals surface area contributed by atoms with Crippen molar-refractivity contribution in [3.05, 3.63) is 75.8 Å². The van der Waals surface area contributed by atoms with E-state index < -0.39 is 11.9 Å². The van der Waals surface area contributed by atoms with Gasteiger partial charge in [0.05, 0.1) is 11.6 Å². The molecular formula is C24H23Cl2NO5. The molecule has 0 aliphatic heterocycles. The van der Waals surface area contributed by atoms with Crippen LogP contribution in [0.4, 0.5) is 5.69 Å². The van der Waals surface area contributed by atoms with Gasteiger partial charge in [-0.05, 0) is 54.8 Å². The fourth-order valence-electron chi connectivity index (χ4n) is 2.54. The van der Waals surface area contributed by atoms with Crippen molar-refractivity contribution in [2.45, 2.75) is 20.3 Å². The van der Waals surface area contributed by atoms with Crippen LogP contribution in [0.25, 0.3) is 6.08 Å². The predicted molar refractivity (Wildman–Crippen MR) is 126 cm³/mol. The maximum absolute atomic E-state index is 12.3. The minimum absolute atomic E-state index is 0.0481. The third-order valence-electron chi connectivity index (χ3n) is 4.29. The van der Waals surface area contributed by atoms with Crippen LogP contribution in [-0.4, -0.2) is 30.9 Å². The van der Waals surface area contributed by atoms with Crippen LogP contribution in [0.3, 0.4) is 0 Å². The molecule has 2 aromatic rings. The van der Waals surface area contributed by atoms with Crippen molar-refractivity contribution in [1.82, 2.24) is 0 Å². The number of nitrogens with one attached hydrogen (secondary N) is 1. The molecule has 32 heavy (non-hydrogen) atoms. The first-order chi connectivity index (χ1) is 15.3. The molecule has 0 spiro atoms. The molecule has 1 N–H and O–H groups in total. The highest BCUT2D eigenvalue weighted by molar-refractivity contribution is 6.45. The van der Waals surface area contributed by atoms with Crippen molar-refractivity contribution in [2.24, 2.45) is 0 Å². The van der Waals surface area contributed by atoms with Crippen LogP contribution in [0.15, 0.2) is 54.6 Å². The third kappa shape index (κ3) is 6.97. The molecule has 0 bridgehead atoms. The lowest BCUT2D eigenvalue weighted by atomic mass is 10.0. The summed E-state index contributed by atoms with van der Waals surface area (Å²) in [5.41, 5.74) is 1.97. The Morgan fingerprint density at radius 1 is 1.03 bits per heavy atom. The molecule has 0 fully saturated rings. The second-order valence-electron chi connectivity index (χ2n) is 6.57. The molecule has 2 rings (SSSR count). The molecule has 0 aromatic heterocycles. The Kier molecular flexibility index (Phi) is 9.50. The summed E-state index contributed by atoms with van der Waals surface area (Å²) < 4.78 is 10.3. The molecule has 0 saturated carbocycles. The van der Waals surface area contributed by atoms with E-state index in [1.54, 1.807) is 37.3 Å². The van der Waals surface area contributed by atoms with Crippen molar-refractivity contribution in [1.29, 1.82) is 0 Å². The molecule has 0 heterocycles. The highest BCUT2D eigenvalue weighted by Gasteiger charge is 2.18. The zero-order valence-electron chi connectivity index (χ0n) is 17.7. The van der Waals surface area contributed by atoms with Gasteiger partial charge in [0.1, 0.15) is 10.8 Å². The Morgan fingerprint density at radius 3 is 2.34 bits per heavy atom. The van der Waals surface area contributed by atoms with Gasteiger partial charge in [-0.2, -0.15) is 0 Å². The first-order valence-electron chi connectivity index (χ1n) is 9.84. The molecule has 8 heteroatoms. The minimum atomic E-state index is -0.423. The van der Waals surface area contributed by atoms with E-state index in [2.05, 4.69) is 11.9 Å². The number of carbonyl (C=O) groups is 3. The highest BCUT2D eigenvalue weighted by Crippen LogP contribution is 2.35. The van der Waals surface area contributed by atoms with Crippen LogP contribution < -0.4 is 10.1 Å². The normalized spacial score (nSPS) is 10.6. The van der Waals surface area contributed by atoms with Crippen molar-refractivity contribution in [3.8, 4) is 5.75 Å². The van der Waals surface area contributed by atoms with Gasteiger partial charge in [-0.3, -0.25) is 9.59 Å². The largest absolute Gasteiger partial charge is 0.482 e. The summed E-state index contributed by atoms with van der Waals surface area (Å²) >= 11 is 12.4. The van der Waals surface area contributed by atoms with Gasteiger partial charge < -0.3 is 14.8 Å². The lowest BCUT2D eigenvalue weighted by Gasteiger charge is -2.12. The number of hydrogen-bond acceptors (Lipinski definition) is 5. The molecule has 0 aliphatic rings. The number of benzene rings is 2. The second-order valence-corrected chi connectivity index (χ2v) is 7.33. The number of esters is 1. The zero-order valence-corrected chi connectivity index (χ0v) is 19.3. The molecule has 0 unspecified atom stereocenters. The van der Waals surface area contributed by atoms with Crippen LogP contribution >= 0.6 is 23.2 Å². The monoisotopic (exact) mass is 475 g/mol. The molecular weight excluding hydrogens is 453 g/mol. The van der Waals surface area contributed by atoms with E-state index in [1.165, 1.54) is 18.2 Å². The van der Waals surface area contributed by atoms with Gasteiger partial charge in [-0.15, -0.1) is 0 Å². The topological polar surface area (TPSA) is 81.7 Å². The van der Waals surface area contributed by atoms with E-state index >= 15 is 0 Å². The SMILES string of the molecule is C=C(CC)C(=O)c1ccc(OCC(=O)Nc2ccc(/C=C/C(=O)OCC)cc2)c(Cl)c1Cl. The maximum Gasteiger partial charge on any atom is 0.330 e.